The first-order valence-corrected chi connectivity index (χ1v) is 7.10. The van der Waals surface area contributed by atoms with Crippen LogP contribution in [0.1, 0.15) is 11.1 Å². The van der Waals surface area contributed by atoms with E-state index in [2.05, 4.69) is 20.9 Å². The molecule has 0 fully saturated rings. The van der Waals surface area contributed by atoms with Gasteiger partial charge in [0, 0.05) is 22.8 Å². The molecule has 0 aromatic heterocycles. The van der Waals surface area contributed by atoms with Gasteiger partial charge in [-0.2, -0.15) is 0 Å². The van der Waals surface area contributed by atoms with Gasteiger partial charge < -0.3 is 0 Å². The van der Waals surface area contributed by atoms with Gasteiger partial charge in [0.15, 0.2) is 0 Å². The Morgan fingerprint density at radius 3 is 2.38 bits per heavy atom. The fourth-order valence-electron chi connectivity index (χ4n) is 1.67. The van der Waals surface area contributed by atoms with Gasteiger partial charge in [-0.3, -0.25) is 15.1 Å². The van der Waals surface area contributed by atoms with Crippen LogP contribution in [0.3, 0.4) is 0 Å². The lowest BCUT2D eigenvalue weighted by Gasteiger charge is -1.95. The Labute approximate surface area is 131 Å². The zero-order valence-corrected chi connectivity index (χ0v) is 12.7. The number of nitrogens with zero attached hydrogens (tertiary/aromatic N) is 2. The van der Waals surface area contributed by atoms with Crippen LogP contribution >= 0.6 is 15.9 Å². The number of aliphatic imine (C=N–C) groups is 1. The average molecular weight is 345 g/mol. The minimum atomic E-state index is -0.409. The van der Waals surface area contributed by atoms with E-state index >= 15 is 0 Å². The molecule has 0 atom stereocenters. The smallest absolute Gasteiger partial charge is 0.269 e. The van der Waals surface area contributed by atoms with E-state index in [1.165, 1.54) is 12.1 Å². The molecule has 4 nitrogen and oxygen atoms in total. The summed E-state index contributed by atoms with van der Waals surface area (Å²) in [5.74, 6) is 0. The molecule has 106 valence electrons. The van der Waals surface area contributed by atoms with Gasteiger partial charge in [0.25, 0.3) is 5.69 Å². The van der Waals surface area contributed by atoms with Gasteiger partial charge in [-0.25, -0.2) is 0 Å². The highest BCUT2D eigenvalue weighted by atomic mass is 79.9. The van der Waals surface area contributed by atoms with Crippen LogP contribution in [0.4, 0.5) is 5.69 Å². The van der Waals surface area contributed by atoms with Crippen molar-refractivity contribution in [3.8, 4) is 0 Å². The van der Waals surface area contributed by atoms with Crippen molar-refractivity contribution in [1.82, 2.24) is 0 Å². The van der Waals surface area contributed by atoms with E-state index in [4.69, 9.17) is 0 Å². The van der Waals surface area contributed by atoms with E-state index in [0.717, 1.165) is 15.6 Å². The normalized spacial score (nSPS) is 11.3. The van der Waals surface area contributed by atoms with Crippen molar-refractivity contribution in [3.05, 3.63) is 80.3 Å². The summed E-state index contributed by atoms with van der Waals surface area (Å²) >= 11 is 3.39. The van der Waals surface area contributed by atoms with Crippen LogP contribution in [-0.4, -0.2) is 11.1 Å². The SMILES string of the molecule is O=[N+]([O-])c1ccc(CN=C/C=C/c2ccc(Br)cc2)cc1. The molecule has 2 aromatic rings. The number of nitro benzene ring substituents is 1. The Hall–Kier alpha value is -2.27. The molecule has 2 aromatic carbocycles. The van der Waals surface area contributed by atoms with Crippen molar-refractivity contribution in [2.45, 2.75) is 6.54 Å². The molecule has 0 N–H and O–H groups in total. The number of rotatable bonds is 5. The van der Waals surface area contributed by atoms with E-state index in [0.29, 0.717) is 6.54 Å². The molecule has 0 saturated carbocycles. The van der Waals surface area contributed by atoms with Crippen LogP contribution in [-0.2, 0) is 6.54 Å². The van der Waals surface area contributed by atoms with Crippen LogP contribution in [0.5, 0.6) is 0 Å². The maximum atomic E-state index is 10.5. The first kappa shape index (κ1) is 15.1. The number of halogens is 1. The third-order valence-electron chi connectivity index (χ3n) is 2.77. The van der Waals surface area contributed by atoms with Crippen LogP contribution < -0.4 is 0 Å². The van der Waals surface area contributed by atoms with Crippen molar-refractivity contribution < 1.29 is 4.92 Å². The minimum absolute atomic E-state index is 0.0952. The number of hydrogen-bond acceptors (Lipinski definition) is 3. The van der Waals surface area contributed by atoms with E-state index < -0.39 is 4.92 Å². The molecule has 0 aliphatic heterocycles. The fraction of sp³-hybridized carbons (Fsp3) is 0.0625. The van der Waals surface area contributed by atoms with Crippen LogP contribution in [0.2, 0.25) is 0 Å². The molecule has 0 amide bonds. The van der Waals surface area contributed by atoms with Gasteiger partial charge >= 0.3 is 0 Å². The Kier molecular flexibility index (Phi) is 5.40. The van der Waals surface area contributed by atoms with Gasteiger partial charge in [-0.05, 0) is 29.3 Å². The number of benzene rings is 2. The topological polar surface area (TPSA) is 55.5 Å². The number of allylic oxidation sites excluding steroid dienone is 1. The largest absolute Gasteiger partial charge is 0.288 e. The van der Waals surface area contributed by atoms with Crippen molar-refractivity contribution >= 4 is 33.9 Å². The second-order valence-corrected chi connectivity index (χ2v) is 5.24. The summed E-state index contributed by atoms with van der Waals surface area (Å²) in [5.41, 5.74) is 2.13. The summed E-state index contributed by atoms with van der Waals surface area (Å²) in [4.78, 5) is 14.4. The van der Waals surface area contributed by atoms with Gasteiger partial charge in [-0.15, -0.1) is 0 Å². The summed E-state index contributed by atoms with van der Waals surface area (Å²) in [6, 6.07) is 14.4. The molecule has 0 aliphatic rings. The monoisotopic (exact) mass is 344 g/mol. The van der Waals surface area contributed by atoms with E-state index in [1.54, 1.807) is 18.3 Å². The van der Waals surface area contributed by atoms with Crippen molar-refractivity contribution in [2.75, 3.05) is 0 Å². The van der Waals surface area contributed by atoms with Crippen LogP contribution in [0.15, 0.2) is 64.1 Å². The Bertz CT molecular complexity index is 662. The van der Waals surface area contributed by atoms with Crippen molar-refractivity contribution in [2.24, 2.45) is 4.99 Å². The van der Waals surface area contributed by atoms with Crippen LogP contribution in [0, 0.1) is 10.1 Å². The Morgan fingerprint density at radius 1 is 1.10 bits per heavy atom. The van der Waals surface area contributed by atoms with E-state index in [1.807, 2.05) is 36.4 Å². The molecule has 0 radical (unpaired) electrons. The molecule has 5 heteroatoms. The van der Waals surface area contributed by atoms with Gasteiger partial charge in [0.05, 0.1) is 11.5 Å². The quantitative estimate of drug-likeness (QED) is 0.450. The first-order valence-electron chi connectivity index (χ1n) is 6.30. The molecule has 0 unspecified atom stereocenters. The predicted octanol–water partition coefficient (Wildman–Crippen LogP) is 4.64. The molecule has 0 aliphatic carbocycles. The fourth-order valence-corrected chi connectivity index (χ4v) is 1.93. The maximum Gasteiger partial charge on any atom is 0.269 e. The minimum Gasteiger partial charge on any atom is -0.288 e. The average Bonchev–Trinajstić information content (AvgIpc) is 2.49. The lowest BCUT2D eigenvalue weighted by molar-refractivity contribution is -0.384. The van der Waals surface area contributed by atoms with E-state index in [9.17, 15) is 10.1 Å². The standard InChI is InChI=1S/C16H13BrN2O2/c17-15-7-3-13(4-8-15)2-1-11-18-12-14-5-9-16(10-6-14)19(20)21/h1-11H,12H2/b2-1+,18-11?. The van der Waals surface area contributed by atoms with Crippen molar-refractivity contribution in [1.29, 1.82) is 0 Å². The summed E-state index contributed by atoms with van der Waals surface area (Å²) in [7, 11) is 0. The lowest BCUT2D eigenvalue weighted by Crippen LogP contribution is -1.88. The Balaban J connectivity index is 1.87. The highest BCUT2D eigenvalue weighted by Gasteiger charge is 2.02. The molecule has 0 heterocycles. The maximum absolute atomic E-state index is 10.5. The highest BCUT2D eigenvalue weighted by Crippen LogP contribution is 2.13. The zero-order valence-electron chi connectivity index (χ0n) is 11.1. The molecular formula is C16H13BrN2O2. The number of non-ortho nitro benzene ring substituents is 1. The van der Waals surface area contributed by atoms with Gasteiger partial charge in [-0.1, -0.05) is 46.3 Å². The van der Waals surface area contributed by atoms with E-state index in [-0.39, 0.29) is 5.69 Å². The van der Waals surface area contributed by atoms with Gasteiger partial charge in [0.2, 0.25) is 0 Å². The number of nitro groups is 1. The molecular weight excluding hydrogens is 332 g/mol. The molecule has 0 saturated heterocycles. The second kappa shape index (κ2) is 7.50. The third-order valence-corrected chi connectivity index (χ3v) is 3.30. The highest BCUT2D eigenvalue weighted by molar-refractivity contribution is 9.10. The first-order chi connectivity index (χ1) is 10.1. The predicted molar refractivity (Wildman–Crippen MR) is 88.5 cm³/mol. The third kappa shape index (κ3) is 4.96. The van der Waals surface area contributed by atoms with Crippen molar-refractivity contribution in [3.63, 3.8) is 0 Å². The molecule has 0 spiro atoms. The summed E-state index contributed by atoms with van der Waals surface area (Å²) < 4.78 is 1.05. The summed E-state index contributed by atoms with van der Waals surface area (Å²) in [5, 5.41) is 10.5. The summed E-state index contributed by atoms with van der Waals surface area (Å²) in [6.45, 7) is 0.503. The van der Waals surface area contributed by atoms with Crippen LogP contribution in [0.25, 0.3) is 6.08 Å². The Morgan fingerprint density at radius 2 is 1.76 bits per heavy atom. The zero-order chi connectivity index (χ0) is 15.1. The lowest BCUT2D eigenvalue weighted by atomic mass is 10.2. The molecule has 0 bridgehead atoms. The molecule has 21 heavy (non-hydrogen) atoms. The molecule has 2 rings (SSSR count). The summed E-state index contributed by atoms with van der Waals surface area (Å²) in [6.07, 6.45) is 5.56. The second-order valence-electron chi connectivity index (χ2n) is 4.32. The van der Waals surface area contributed by atoms with Gasteiger partial charge in [0.1, 0.15) is 0 Å². The number of hydrogen-bond donors (Lipinski definition) is 0.